The molecule has 0 fully saturated rings. The molecule has 1 N–H and O–H groups in total. The molecule has 4 rings (SSSR count). The lowest BCUT2D eigenvalue weighted by atomic mass is 10.0. The van der Waals surface area contributed by atoms with Gasteiger partial charge in [-0.25, -0.2) is 13.2 Å². The molecular formula is C23H17F3N4O. The van der Waals surface area contributed by atoms with Crippen LogP contribution >= 0.6 is 0 Å². The van der Waals surface area contributed by atoms with Crippen LogP contribution in [0.25, 0.3) is 22.4 Å². The second-order valence-electron chi connectivity index (χ2n) is 6.90. The van der Waals surface area contributed by atoms with Crippen LogP contribution in [0.4, 0.5) is 19.0 Å². The Hall–Kier alpha value is -3.94. The number of nitrogens with one attached hydrogen (secondary N) is 1. The van der Waals surface area contributed by atoms with E-state index in [1.54, 1.807) is 43.7 Å². The van der Waals surface area contributed by atoms with Crippen molar-refractivity contribution in [3.8, 4) is 22.4 Å². The maximum atomic E-state index is 14.0. The topological polar surface area (TPSA) is 59.8 Å². The molecule has 4 aromatic rings. The number of nitrogens with zero attached hydrogens (tertiary/aromatic N) is 3. The number of pyridine rings is 1. The van der Waals surface area contributed by atoms with Gasteiger partial charge in [-0.3, -0.25) is 14.5 Å². The molecule has 0 atom stereocenters. The Morgan fingerprint density at radius 3 is 2.29 bits per heavy atom. The van der Waals surface area contributed by atoms with Gasteiger partial charge in [0, 0.05) is 31.1 Å². The molecule has 156 valence electrons. The van der Waals surface area contributed by atoms with Gasteiger partial charge in [0.2, 0.25) is 5.91 Å². The Morgan fingerprint density at radius 2 is 1.61 bits per heavy atom. The number of hydrogen-bond acceptors (Lipinski definition) is 3. The van der Waals surface area contributed by atoms with Crippen LogP contribution in [0.5, 0.6) is 0 Å². The average molecular weight is 422 g/mol. The van der Waals surface area contributed by atoms with Gasteiger partial charge in [-0.2, -0.15) is 5.10 Å². The van der Waals surface area contributed by atoms with Crippen LogP contribution in [0, 0.1) is 17.5 Å². The molecule has 8 heteroatoms. The monoisotopic (exact) mass is 422 g/mol. The van der Waals surface area contributed by atoms with Crippen LogP contribution in [0.1, 0.15) is 5.56 Å². The number of anilines is 1. The fourth-order valence-electron chi connectivity index (χ4n) is 3.28. The van der Waals surface area contributed by atoms with Crippen LogP contribution in [0.15, 0.2) is 67.0 Å². The summed E-state index contributed by atoms with van der Waals surface area (Å²) in [6, 6.07) is 12.5. The van der Waals surface area contributed by atoms with Crippen molar-refractivity contribution in [2.24, 2.45) is 7.05 Å². The molecule has 2 aromatic heterocycles. The third-order valence-electron chi connectivity index (χ3n) is 4.76. The van der Waals surface area contributed by atoms with Crippen molar-refractivity contribution in [2.45, 2.75) is 6.42 Å². The van der Waals surface area contributed by atoms with Crippen molar-refractivity contribution in [1.29, 1.82) is 0 Å². The first-order valence-electron chi connectivity index (χ1n) is 9.39. The lowest BCUT2D eigenvalue weighted by Crippen LogP contribution is -2.18. The van der Waals surface area contributed by atoms with E-state index >= 15 is 0 Å². The first-order chi connectivity index (χ1) is 14.9. The zero-order valence-electron chi connectivity index (χ0n) is 16.4. The molecule has 0 saturated carbocycles. The van der Waals surface area contributed by atoms with Crippen molar-refractivity contribution in [1.82, 2.24) is 14.8 Å². The minimum Gasteiger partial charge on any atom is -0.310 e. The normalized spacial score (nSPS) is 10.8. The van der Waals surface area contributed by atoms with E-state index in [0.717, 1.165) is 17.7 Å². The zero-order chi connectivity index (χ0) is 22.0. The molecule has 2 heterocycles. The van der Waals surface area contributed by atoms with Gasteiger partial charge in [0.15, 0.2) is 0 Å². The highest BCUT2D eigenvalue weighted by Gasteiger charge is 2.21. The molecule has 0 unspecified atom stereocenters. The lowest BCUT2D eigenvalue weighted by Gasteiger charge is -2.10. The number of carbonyl (C=O) groups excluding carboxylic acids is 1. The number of benzene rings is 2. The van der Waals surface area contributed by atoms with Gasteiger partial charge < -0.3 is 5.32 Å². The fourth-order valence-corrected chi connectivity index (χ4v) is 3.28. The molecule has 0 aliphatic rings. The van der Waals surface area contributed by atoms with Crippen LogP contribution < -0.4 is 5.32 Å². The highest BCUT2D eigenvalue weighted by Crippen LogP contribution is 2.37. The number of aromatic nitrogens is 3. The highest BCUT2D eigenvalue weighted by molar-refractivity contribution is 5.99. The van der Waals surface area contributed by atoms with E-state index in [1.165, 1.54) is 22.9 Å². The van der Waals surface area contributed by atoms with Crippen LogP contribution in [-0.4, -0.2) is 20.7 Å². The Bertz CT molecular complexity index is 1240. The summed E-state index contributed by atoms with van der Waals surface area (Å²) in [6.07, 6.45) is 2.94. The lowest BCUT2D eigenvalue weighted by molar-refractivity contribution is -0.115. The Morgan fingerprint density at radius 1 is 0.935 bits per heavy atom. The minimum atomic E-state index is -0.790. The zero-order valence-corrected chi connectivity index (χ0v) is 16.4. The predicted molar refractivity (Wildman–Crippen MR) is 111 cm³/mol. The standard InChI is InChI=1S/C23H17F3N4O/c1-30-23(28-20(31)12-16-4-7-18(25)13-19(16)26)21(14-8-10-27-11-9-14)22(29-30)15-2-5-17(24)6-3-15/h2-11,13H,12H2,1H3,(H,28,31). The second kappa shape index (κ2) is 8.43. The number of halogens is 3. The molecule has 0 aliphatic heterocycles. The van der Waals surface area contributed by atoms with Crippen molar-refractivity contribution in [2.75, 3.05) is 5.32 Å². The fraction of sp³-hybridized carbons (Fsp3) is 0.0870. The van der Waals surface area contributed by atoms with Crippen LogP contribution in [0.3, 0.4) is 0 Å². The third-order valence-corrected chi connectivity index (χ3v) is 4.76. The van der Waals surface area contributed by atoms with Gasteiger partial charge in [-0.1, -0.05) is 6.07 Å². The molecular weight excluding hydrogens is 405 g/mol. The van der Waals surface area contributed by atoms with E-state index in [4.69, 9.17) is 0 Å². The maximum Gasteiger partial charge on any atom is 0.230 e. The van der Waals surface area contributed by atoms with E-state index in [9.17, 15) is 18.0 Å². The quantitative estimate of drug-likeness (QED) is 0.505. The van der Waals surface area contributed by atoms with E-state index in [2.05, 4.69) is 15.4 Å². The summed E-state index contributed by atoms with van der Waals surface area (Å²) in [5.74, 6) is -1.98. The SMILES string of the molecule is Cn1nc(-c2ccc(F)cc2)c(-c2ccncc2)c1NC(=O)Cc1ccc(F)cc1F. The van der Waals surface area contributed by atoms with Gasteiger partial charge in [-0.05, 0) is 53.6 Å². The first-order valence-corrected chi connectivity index (χ1v) is 9.39. The highest BCUT2D eigenvalue weighted by atomic mass is 19.1. The summed E-state index contributed by atoms with van der Waals surface area (Å²) < 4.78 is 42.0. The summed E-state index contributed by atoms with van der Waals surface area (Å²) in [7, 11) is 1.66. The van der Waals surface area contributed by atoms with Gasteiger partial charge in [-0.15, -0.1) is 0 Å². The number of aryl methyl sites for hydroxylation is 1. The largest absolute Gasteiger partial charge is 0.310 e. The minimum absolute atomic E-state index is 0.0743. The molecule has 0 radical (unpaired) electrons. The smallest absolute Gasteiger partial charge is 0.230 e. The second-order valence-corrected chi connectivity index (χ2v) is 6.90. The number of rotatable bonds is 5. The van der Waals surface area contributed by atoms with E-state index in [0.29, 0.717) is 22.6 Å². The number of carbonyl (C=O) groups is 1. The number of amides is 1. The van der Waals surface area contributed by atoms with E-state index in [1.807, 2.05) is 0 Å². The summed E-state index contributed by atoms with van der Waals surface area (Å²) in [5.41, 5.74) is 2.63. The summed E-state index contributed by atoms with van der Waals surface area (Å²) in [6.45, 7) is 0. The average Bonchev–Trinajstić information content (AvgIpc) is 3.07. The van der Waals surface area contributed by atoms with Crippen molar-refractivity contribution >= 4 is 11.7 Å². The molecule has 0 saturated heterocycles. The van der Waals surface area contributed by atoms with Crippen molar-refractivity contribution < 1.29 is 18.0 Å². The molecule has 0 aliphatic carbocycles. The van der Waals surface area contributed by atoms with Crippen molar-refractivity contribution in [3.63, 3.8) is 0 Å². The third kappa shape index (κ3) is 4.32. The summed E-state index contributed by atoms with van der Waals surface area (Å²) in [4.78, 5) is 16.7. The molecule has 2 aromatic carbocycles. The molecule has 0 spiro atoms. The first kappa shape index (κ1) is 20.3. The van der Waals surface area contributed by atoms with Crippen LogP contribution in [0.2, 0.25) is 0 Å². The van der Waals surface area contributed by atoms with Gasteiger partial charge in [0.1, 0.15) is 29.0 Å². The Labute approximate surface area is 176 Å². The Balaban J connectivity index is 1.73. The molecule has 1 amide bonds. The van der Waals surface area contributed by atoms with Gasteiger partial charge in [0.25, 0.3) is 0 Å². The summed E-state index contributed by atoms with van der Waals surface area (Å²) in [5, 5.41) is 7.29. The molecule has 5 nitrogen and oxygen atoms in total. The van der Waals surface area contributed by atoms with E-state index < -0.39 is 17.5 Å². The maximum absolute atomic E-state index is 14.0. The molecule has 31 heavy (non-hydrogen) atoms. The Kier molecular flexibility index (Phi) is 5.53. The van der Waals surface area contributed by atoms with Crippen molar-refractivity contribution in [3.05, 3.63) is 90.0 Å². The van der Waals surface area contributed by atoms with Crippen LogP contribution in [-0.2, 0) is 18.3 Å². The summed E-state index contributed by atoms with van der Waals surface area (Å²) >= 11 is 0. The number of hydrogen-bond donors (Lipinski definition) is 1. The van der Waals surface area contributed by atoms with E-state index in [-0.39, 0.29) is 17.8 Å². The predicted octanol–water partition coefficient (Wildman–Crippen LogP) is 4.75. The molecule has 0 bridgehead atoms. The van der Waals surface area contributed by atoms with Gasteiger partial charge in [0.05, 0.1) is 12.0 Å². The van der Waals surface area contributed by atoms with Gasteiger partial charge >= 0.3 is 0 Å².